The number of nitrogens with one attached hydrogen (secondary N) is 2. The molecule has 3 aromatic heterocycles. The molecule has 208 valence electrons. The first kappa shape index (κ1) is 26.7. The van der Waals surface area contributed by atoms with Crippen molar-refractivity contribution in [3.8, 4) is 32.5 Å². The Morgan fingerprint density at radius 1 is 0.976 bits per heavy atom. The third-order valence-corrected chi connectivity index (χ3v) is 8.88. The molecule has 8 nitrogen and oxygen atoms in total. The molecule has 0 aliphatic rings. The predicted octanol–water partition coefficient (Wildman–Crippen LogP) is 7.04. The van der Waals surface area contributed by atoms with E-state index >= 15 is 0 Å². The van der Waals surface area contributed by atoms with Gasteiger partial charge >= 0.3 is 0 Å². The molecule has 0 radical (unpaired) electrons. The Morgan fingerprint density at radius 2 is 1.73 bits per heavy atom. The van der Waals surface area contributed by atoms with Gasteiger partial charge in [0, 0.05) is 34.5 Å². The van der Waals surface area contributed by atoms with Crippen molar-refractivity contribution in [1.82, 2.24) is 10.3 Å². The standard InChI is InChI=1S/C29H21F2N3O5S2/c1-3-41(36,37)34-20-14-22-18(25(28(35)32-2)27(38-22)15-7-9-16(30)10-8-15)13-17(20)23-11-12-24(40-23)29-33-26-19(31)5-4-6-21(26)39-29/h4-14,34H,3H2,1-2H3,(H,32,35). The Morgan fingerprint density at radius 3 is 2.44 bits per heavy atom. The monoisotopic (exact) mass is 593 g/mol. The van der Waals surface area contributed by atoms with Gasteiger partial charge in [-0.3, -0.25) is 9.52 Å². The average molecular weight is 594 g/mol. The summed E-state index contributed by atoms with van der Waals surface area (Å²) in [7, 11) is -2.22. The summed E-state index contributed by atoms with van der Waals surface area (Å²) in [4.78, 5) is 18.6. The van der Waals surface area contributed by atoms with Crippen LogP contribution in [0.15, 0.2) is 75.6 Å². The zero-order valence-electron chi connectivity index (χ0n) is 21.6. The van der Waals surface area contributed by atoms with E-state index in [1.807, 2.05) is 0 Å². The van der Waals surface area contributed by atoms with E-state index in [0.29, 0.717) is 31.9 Å². The van der Waals surface area contributed by atoms with Gasteiger partial charge in [0.05, 0.1) is 21.9 Å². The lowest BCUT2D eigenvalue weighted by atomic mass is 10.0. The number of halogens is 2. The summed E-state index contributed by atoms with van der Waals surface area (Å²) in [5.74, 6) is -1.13. The number of hydrogen-bond donors (Lipinski definition) is 2. The molecule has 0 aliphatic heterocycles. The molecule has 0 spiro atoms. The minimum atomic E-state index is -3.70. The van der Waals surface area contributed by atoms with Crippen LogP contribution in [0.2, 0.25) is 0 Å². The zero-order valence-corrected chi connectivity index (χ0v) is 23.3. The quantitative estimate of drug-likeness (QED) is 0.205. The van der Waals surface area contributed by atoms with Crippen LogP contribution in [-0.4, -0.2) is 32.1 Å². The van der Waals surface area contributed by atoms with Crippen molar-refractivity contribution in [2.24, 2.45) is 0 Å². The fourth-order valence-corrected chi connectivity index (χ4v) is 6.05. The Labute approximate surface area is 236 Å². The lowest BCUT2D eigenvalue weighted by Gasteiger charge is -2.11. The first-order chi connectivity index (χ1) is 19.7. The first-order valence-corrected chi connectivity index (χ1v) is 14.9. The maximum atomic E-state index is 14.2. The second-order valence-corrected chi connectivity index (χ2v) is 12.2. The number of fused-ring (bicyclic) bond motifs is 2. The van der Waals surface area contributed by atoms with Gasteiger partial charge in [-0.05, 0) is 61.5 Å². The molecule has 6 aromatic rings. The molecule has 0 fully saturated rings. The van der Waals surface area contributed by atoms with Crippen molar-refractivity contribution >= 4 is 55.0 Å². The number of carbonyl (C=O) groups is 1. The lowest BCUT2D eigenvalue weighted by molar-refractivity contribution is 0.0964. The van der Waals surface area contributed by atoms with E-state index in [2.05, 4.69) is 15.0 Å². The number of furan rings is 1. The van der Waals surface area contributed by atoms with Crippen LogP contribution in [0.25, 0.3) is 54.6 Å². The summed E-state index contributed by atoms with van der Waals surface area (Å²) in [6.45, 7) is 1.51. The highest BCUT2D eigenvalue weighted by Crippen LogP contribution is 2.43. The number of para-hydroxylation sites is 1. The fourth-order valence-electron chi connectivity index (χ4n) is 4.44. The van der Waals surface area contributed by atoms with Gasteiger partial charge in [-0.1, -0.05) is 6.07 Å². The van der Waals surface area contributed by atoms with Crippen LogP contribution in [0.1, 0.15) is 17.3 Å². The molecule has 0 aliphatic carbocycles. The molecule has 6 rings (SSSR count). The molecular weight excluding hydrogens is 572 g/mol. The highest BCUT2D eigenvalue weighted by Gasteiger charge is 2.25. The summed E-state index contributed by atoms with van der Waals surface area (Å²) < 4.78 is 67.5. The predicted molar refractivity (Wildman–Crippen MR) is 154 cm³/mol. The van der Waals surface area contributed by atoms with Crippen molar-refractivity contribution in [3.05, 3.63) is 83.9 Å². The molecular formula is C29H21F2N3O5S2. The van der Waals surface area contributed by atoms with Gasteiger partial charge in [0.2, 0.25) is 15.9 Å². The maximum absolute atomic E-state index is 14.2. The zero-order chi connectivity index (χ0) is 28.9. The van der Waals surface area contributed by atoms with Crippen molar-refractivity contribution < 1.29 is 30.8 Å². The highest BCUT2D eigenvalue weighted by atomic mass is 32.2. The minimum absolute atomic E-state index is 0.109. The maximum Gasteiger partial charge on any atom is 0.255 e. The largest absolute Gasteiger partial charge is 0.455 e. The molecule has 3 aromatic carbocycles. The topological polar surface area (TPSA) is 114 Å². The van der Waals surface area contributed by atoms with E-state index in [0.717, 1.165) is 0 Å². The Kier molecular flexibility index (Phi) is 6.59. The number of benzene rings is 3. The van der Waals surface area contributed by atoms with Crippen LogP contribution in [0.4, 0.5) is 14.5 Å². The fraction of sp³-hybridized carbons (Fsp3) is 0.103. The smallest absolute Gasteiger partial charge is 0.255 e. The van der Waals surface area contributed by atoms with E-state index in [4.69, 9.17) is 8.83 Å². The van der Waals surface area contributed by atoms with E-state index in [9.17, 15) is 22.0 Å². The van der Waals surface area contributed by atoms with Crippen LogP contribution in [0, 0.1) is 11.6 Å². The Balaban J connectivity index is 1.55. The van der Waals surface area contributed by atoms with Crippen molar-refractivity contribution in [2.75, 3.05) is 17.5 Å². The van der Waals surface area contributed by atoms with Crippen LogP contribution in [0.3, 0.4) is 0 Å². The highest BCUT2D eigenvalue weighted by molar-refractivity contribution is 7.92. The van der Waals surface area contributed by atoms with E-state index in [1.54, 1.807) is 24.3 Å². The molecule has 1 amide bonds. The van der Waals surface area contributed by atoms with Gasteiger partial charge in [-0.25, -0.2) is 22.2 Å². The summed E-state index contributed by atoms with van der Waals surface area (Å²) in [6.07, 6.45) is 0. The lowest BCUT2D eigenvalue weighted by Crippen LogP contribution is -2.18. The molecule has 3 heterocycles. The number of sulfonamides is 1. The Hall–Kier alpha value is -4.55. The summed E-state index contributed by atoms with van der Waals surface area (Å²) >= 11 is 1.25. The van der Waals surface area contributed by atoms with Gasteiger partial charge in [0.25, 0.3) is 5.91 Å². The molecule has 2 N–H and O–H groups in total. The number of nitrogens with zero attached hydrogens (tertiary/aromatic N) is 1. The second kappa shape index (κ2) is 10.1. The molecule has 12 heteroatoms. The number of rotatable bonds is 7. The summed E-state index contributed by atoms with van der Waals surface area (Å²) in [5.41, 5.74) is 2.06. The molecule has 41 heavy (non-hydrogen) atoms. The SMILES string of the molecule is CCS(=O)(=O)Nc1cc2oc(-c3ccc(F)cc3)c(C(=O)NC)c2cc1-c1ccc(-c2nc3c(F)cccc3o2)s1. The van der Waals surface area contributed by atoms with Gasteiger partial charge in [0.15, 0.2) is 11.4 Å². The average Bonchev–Trinajstić information content (AvgIpc) is 3.69. The molecule has 0 unspecified atom stereocenters. The Bertz CT molecular complexity index is 2060. The number of anilines is 1. The van der Waals surface area contributed by atoms with E-state index < -0.39 is 27.6 Å². The molecule has 0 atom stereocenters. The van der Waals surface area contributed by atoms with Gasteiger partial charge in [0.1, 0.15) is 22.7 Å². The number of carbonyl (C=O) groups excluding carboxylic acids is 1. The van der Waals surface area contributed by atoms with Crippen molar-refractivity contribution in [1.29, 1.82) is 0 Å². The normalized spacial score (nSPS) is 11.8. The third-order valence-electron chi connectivity index (χ3n) is 6.49. The number of thiophene rings is 1. The first-order valence-electron chi connectivity index (χ1n) is 12.4. The molecule has 0 bridgehead atoms. The summed E-state index contributed by atoms with van der Waals surface area (Å²) in [5, 5.41) is 3.04. The second-order valence-electron chi connectivity index (χ2n) is 9.06. The number of oxazole rings is 1. The van der Waals surface area contributed by atoms with Crippen LogP contribution in [0.5, 0.6) is 0 Å². The van der Waals surface area contributed by atoms with Crippen LogP contribution < -0.4 is 10.0 Å². The van der Waals surface area contributed by atoms with Crippen LogP contribution in [-0.2, 0) is 10.0 Å². The van der Waals surface area contributed by atoms with Crippen molar-refractivity contribution in [3.63, 3.8) is 0 Å². The number of amides is 1. The summed E-state index contributed by atoms with van der Waals surface area (Å²) in [6, 6.07) is 16.6. The van der Waals surface area contributed by atoms with Crippen LogP contribution >= 0.6 is 11.3 Å². The van der Waals surface area contributed by atoms with E-state index in [1.165, 1.54) is 67.8 Å². The van der Waals surface area contributed by atoms with Crippen molar-refractivity contribution in [2.45, 2.75) is 6.92 Å². The number of aromatic nitrogens is 1. The number of hydrogen-bond acceptors (Lipinski definition) is 7. The van der Waals surface area contributed by atoms with Gasteiger partial charge in [-0.2, -0.15) is 0 Å². The van der Waals surface area contributed by atoms with E-state index in [-0.39, 0.29) is 39.8 Å². The molecule has 0 saturated carbocycles. The minimum Gasteiger partial charge on any atom is -0.455 e. The van der Waals surface area contributed by atoms with Gasteiger partial charge < -0.3 is 14.2 Å². The van der Waals surface area contributed by atoms with Gasteiger partial charge in [-0.15, -0.1) is 11.3 Å². The third kappa shape index (κ3) is 4.85. The molecule has 0 saturated heterocycles.